The molecule has 0 atom stereocenters. The maximum atomic E-state index is 12.7. The SMILES string of the molecule is Cc1cc(C(=O)N(C)CCc2ccncc2)nc(NCc2cccnc2)n1. The maximum absolute atomic E-state index is 12.7. The summed E-state index contributed by atoms with van der Waals surface area (Å²) in [7, 11) is 1.78. The Labute approximate surface area is 158 Å². The monoisotopic (exact) mass is 362 g/mol. The smallest absolute Gasteiger partial charge is 0.272 e. The molecule has 0 aliphatic rings. The van der Waals surface area contributed by atoms with Crippen LogP contribution < -0.4 is 5.32 Å². The quantitative estimate of drug-likeness (QED) is 0.695. The van der Waals surface area contributed by atoms with Crippen LogP contribution in [0, 0.1) is 6.92 Å². The minimum Gasteiger partial charge on any atom is -0.350 e. The number of carbonyl (C=O) groups is 1. The molecule has 0 spiro atoms. The highest BCUT2D eigenvalue weighted by Gasteiger charge is 2.15. The number of likely N-dealkylation sites (N-methyl/N-ethyl adjacent to an activating group) is 1. The molecule has 7 heteroatoms. The first-order valence-corrected chi connectivity index (χ1v) is 8.74. The Hall–Kier alpha value is -3.35. The largest absolute Gasteiger partial charge is 0.350 e. The lowest BCUT2D eigenvalue weighted by molar-refractivity contribution is 0.0790. The lowest BCUT2D eigenvalue weighted by atomic mass is 10.2. The fraction of sp³-hybridized carbons (Fsp3) is 0.250. The first kappa shape index (κ1) is 18.4. The summed E-state index contributed by atoms with van der Waals surface area (Å²) in [6.07, 6.45) is 7.78. The molecule has 0 fully saturated rings. The number of hydrogen-bond acceptors (Lipinski definition) is 6. The van der Waals surface area contributed by atoms with Gasteiger partial charge in [0.05, 0.1) is 0 Å². The number of pyridine rings is 2. The molecule has 0 radical (unpaired) electrons. The van der Waals surface area contributed by atoms with Gasteiger partial charge in [-0.15, -0.1) is 0 Å². The third-order valence-electron chi connectivity index (χ3n) is 4.08. The lowest BCUT2D eigenvalue weighted by Gasteiger charge is -2.17. The van der Waals surface area contributed by atoms with Crippen molar-refractivity contribution in [2.45, 2.75) is 19.9 Å². The van der Waals surface area contributed by atoms with Gasteiger partial charge in [0.15, 0.2) is 0 Å². The lowest BCUT2D eigenvalue weighted by Crippen LogP contribution is -2.30. The van der Waals surface area contributed by atoms with Gasteiger partial charge in [0.25, 0.3) is 5.91 Å². The first-order valence-electron chi connectivity index (χ1n) is 8.74. The topological polar surface area (TPSA) is 83.9 Å². The number of nitrogens with one attached hydrogen (secondary N) is 1. The molecule has 7 nitrogen and oxygen atoms in total. The van der Waals surface area contributed by atoms with Gasteiger partial charge in [0.1, 0.15) is 5.69 Å². The average molecular weight is 362 g/mol. The van der Waals surface area contributed by atoms with Crippen molar-refractivity contribution < 1.29 is 4.79 Å². The highest BCUT2D eigenvalue weighted by atomic mass is 16.2. The van der Waals surface area contributed by atoms with E-state index in [2.05, 4.69) is 25.3 Å². The van der Waals surface area contributed by atoms with Crippen LogP contribution in [0.15, 0.2) is 55.1 Å². The van der Waals surface area contributed by atoms with Crippen LogP contribution in [0.3, 0.4) is 0 Å². The van der Waals surface area contributed by atoms with E-state index in [1.54, 1.807) is 42.8 Å². The average Bonchev–Trinajstić information content (AvgIpc) is 2.71. The highest BCUT2D eigenvalue weighted by Crippen LogP contribution is 2.10. The van der Waals surface area contributed by atoms with Gasteiger partial charge in [-0.2, -0.15) is 0 Å². The van der Waals surface area contributed by atoms with E-state index in [1.807, 2.05) is 31.2 Å². The molecule has 138 valence electrons. The Balaban J connectivity index is 1.64. The van der Waals surface area contributed by atoms with Gasteiger partial charge in [0, 0.05) is 50.6 Å². The Kier molecular flexibility index (Phi) is 6.04. The summed E-state index contributed by atoms with van der Waals surface area (Å²) in [5, 5.41) is 3.15. The maximum Gasteiger partial charge on any atom is 0.272 e. The van der Waals surface area contributed by atoms with Gasteiger partial charge in [-0.05, 0) is 48.7 Å². The molecular formula is C20H22N6O. The summed E-state index contributed by atoms with van der Waals surface area (Å²) in [5.41, 5.74) is 3.28. The molecule has 1 N–H and O–H groups in total. The first-order chi connectivity index (χ1) is 13.1. The molecule has 0 aliphatic heterocycles. The van der Waals surface area contributed by atoms with Crippen LogP contribution >= 0.6 is 0 Å². The van der Waals surface area contributed by atoms with Crippen LogP contribution in [0.4, 0.5) is 5.95 Å². The number of hydrogen-bond donors (Lipinski definition) is 1. The van der Waals surface area contributed by atoms with Crippen molar-refractivity contribution in [2.75, 3.05) is 18.9 Å². The van der Waals surface area contributed by atoms with Crippen LogP contribution in [-0.2, 0) is 13.0 Å². The Morgan fingerprint density at radius 2 is 1.89 bits per heavy atom. The van der Waals surface area contributed by atoms with E-state index in [4.69, 9.17) is 0 Å². The number of aryl methyl sites for hydroxylation is 1. The predicted molar refractivity (Wildman–Crippen MR) is 103 cm³/mol. The molecule has 0 unspecified atom stereocenters. The van der Waals surface area contributed by atoms with Gasteiger partial charge >= 0.3 is 0 Å². The molecule has 0 saturated heterocycles. The zero-order chi connectivity index (χ0) is 19.1. The van der Waals surface area contributed by atoms with Crippen molar-refractivity contribution in [3.63, 3.8) is 0 Å². The number of amides is 1. The van der Waals surface area contributed by atoms with E-state index >= 15 is 0 Å². The summed E-state index contributed by atoms with van der Waals surface area (Å²) in [6, 6.07) is 9.46. The molecule has 3 rings (SSSR count). The van der Waals surface area contributed by atoms with Crippen LogP contribution in [-0.4, -0.2) is 44.3 Å². The second kappa shape index (κ2) is 8.84. The minimum atomic E-state index is -0.126. The number of carbonyl (C=O) groups excluding carboxylic acids is 1. The predicted octanol–water partition coefficient (Wildman–Crippen LogP) is 2.50. The molecule has 3 aromatic heterocycles. The Bertz CT molecular complexity index is 885. The number of nitrogens with zero attached hydrogens (tertiary/aromatic N) is 5. The van der Waals surface area contributed by atoms with E-state index in [0.29, 0.717) is 24.7 Å². The van der Waals surface area contributed by atoms with Crippen molar-refractivity contribution in [2.24, 2.45) is 0 Å². The molecular weight excluding hydrogens is 340 g/mol. The minimum absolute atomic E-state index is 0.126. The third-order valence-corrected chi connectivity index (χ3v) is 4.08. The van der Waals surface area contributed by atoms with E-state index < -0.39 is 0 Å². The van der Waals surface area contributed by atoms with Crippen molar-refractivity contribution in [3.8, 4) is 0 Å². The summed E-state index contributed by atoms with van der Waals surface area (Å²) in [6.45, 7) is 3.00. The zero-order valence-electron chi connectivity index (χ0n) is 15.5. The molecule has 3 aromatic rings. The second-order valence-corrected chi connectivity index (χ2v) is 6.27. The third kappa shape index (κ3) is 5.31. The Morgan fingerprint density at radius 1 is 1.07 bits per heavy atom. The van der Waals surface area contributed by atoms with Gasteiger partial charge in [-0.3, -0.25) is 14.8 Å². The summed E-state index contributed by atoms with van der Waals surface area (Å²) >= 11 is 0. The normalized spacial score (nSPS) is 10.4. The van der Waals surface area contributed by atoms with Crippen molar-refractivity contribution in [3.05, 3.63) is 77.6 Å². The van der Waals surface area contributed by atoms with E-state index in [0.717, 1.165) is 23.2 Å². The van der Waals surface area contributed by atoms with Crippen LogP contribution in [0.2, 0.25) is 0 Å². The van der Waals surface area contributed by atoms with Gasteiger partial charge in [-0.25, -0.2) is 9.97 Å². The van der Waals surface area contributed by atoms with E-state index in [1.165, 1.54) is 0 Å². The van der Waals surface area contributed by atoms with Gasteiger partial charge < -0.3 is 10.2 Å². The van der Waals surface area contributed by atoms with Gasteiger partial charge in [0.2, 0.25) is 5.95 Å². The van der Waals surface area contributed by atoms with E-state index in [9.17, 15) is 4.79 Å². The summed E-state index contributed by atoms with van der Waals surface area (Å²) < 4.78 is 0. The molecule has 0 saturated carbocycles. The molecule has 27 heavy (non-hydrogen) atoms. The molecule has 3 heterocycles. The van der Waals surface area contributed by atoms with Gasteiger partial charge in [-0.1, -0.05) is 6.07 Å². The van der Waals surface area contributed by atoms with E-state index in [-0.39, 0.29) is 5.91 Å². The molecule has 0 aromatic carbocycles. The molecule has 0 bridgehead atoms. The zero-order valence-corrected chi connectivity index (χ0v) is 15.5. The number of aromatic nitrogens is 4. The van der Waals surface area contributed by atoms with Crippen LogP contribution in [0.5, 0.6) is 0 Å². The van der Waals surface area contributed by atoms with Crippen molar-refractivity contribution in [1.82, 2.24) is 24.8 Å². The number of rotatable bonds is 7. The molecule has 1 amide bonds. The van der Waals surface area contributed by atoms with Crippen LogP contribution in [0.25, 0.3) is 0 Å². The summed E-state index contributed by atoms with van der Waals surface area (Å²) in [5.74, 6) is 0.309. The van der Waals surface area contributed by atoms with Crippen molar-refractivity contribution >= 4 is 11.9 Å². The molecule has 0 aliphatic carbocycles. The summed E-state index contributed by atoms with van der Waals surface area (Å²) in [4.78, 5) is 31.2. The Morgan fingerprint density at radius 3 is 2.63 bits per heavy atom. The fourth-order valence-corrected chi connectivity index (χ4v) is 2.58. The fourth-order valence-electron chi connectivity index (χ4n) is 2.58. The number of anilines is 1. The standard InChI is InChI=1S/C20H22N6O/c1-15-12-18(19(27)26(2)11-7-16-5-9-21-10-6-16)25-20(24-15)23-14-17-4-3-8-22-13-17/h3-6,8-10,12-13H,7,11,14H2,1-2H3,(H,23,24,25). The second-order valence-electron chi connectivity index (χ2n) is 6.27. The van der Waals surface area contributed by atoms with Crippen molar-refractivity contribution in [1.29, 1.82) is 0 Å². The highest BCUT2D eigenvalue weighted by molar-refractivity contribution is 5.92. The van der Waals surface area contributed by atoms with Crippen LogP contribution in [0.1, 0.15) is 27.3 Å².